The molecular formula is C14H14F3NO3S. The first-order valence-electron chi connectivity index (χ1n) is 6.40. The third-order valence-corrected chi connectivity index (χ3v) is 4.50. The summed E-state index contributed by atoms with van der Waals surface area (Å²) in [5.41, 5.74) is -1.01. The average molecular weight is 333 g/mol. The van der Waals surface area contributed by atoms with Crippen molar-refractivity contribution in [3.63, 3.8) is 0 Å². The topological polar surface area (TPSA) is 59.3 Å². The Labute approximate surface area is 126 Å². The summed E-state index contributed by atoms with van der Waals surface area (Å²) in [4.78, 5) is -0.423. The number of furan rings is 1. The van der Waals surface area contributed by atoms with Gasteiger partial charge in [-0.25, -0.2) is 13.1 Å². The summed E-state index contributed by atoms with van der Waals surface area (Å²) in [7, 11) is -4.04. The third kappa shape index (κ3) is 4.11. The van der Waals surface area contributed by atoms with Crippen LogP contribution in [0.1, 0.15) is 18.2 Å². The van der Waals surface area contributed by atoms with Gasteiger partial charge >= 0.3 is 6.18 Å². The Morgan fingerprint density at radius 2 is 1.95 bits per heavy atom. The number of rotatable bonds is 5. The van der Waals surface area contributed by atoms with E-state index in [4.69, 9.17) is 4.42 Å². The summed E-state index contributed by atoms with van der Waals surface area (Å²) in [6.45, 7) is 1.60. The van der Waals surface area contributed by atoms with Gasteiger partial charge in [0.05, 0.1) is 16.7 Å². The van der Waals surface area contributed by atoms with Crippen LogP contribution in [0.25, 0.3) is 0 Å². The number of alkyl halides is 3. The molecule has 1 atom stereocenters. The monoisotopic (exact) mass is 333 g/mol. The molecule has 120 valence electrons. The standard InChI is InChI=1S/C14H14F3NO3S/c1-10(8-12-5-3-7-21-12)18-22(19,20)13-6-2-4-11(9-13)14(15,16)17/h2-7,9-10,18H,8H2,1H3/t10-/m0/s1. The smallest absolute Gasteiger partial charge is 0.416 e. The first kappa shape index (κ1) is 16.6. The minimum Gasteiger partial charge on any atom is -0.469 e. The van der Waals surface area contributed by atoms with E-state index in [9.17, 15) is 21.6 Å². The fraction of sp³-hybridized carbons (Fsp3) is 0.286. The summed E-state index contributed by atoms with van der Waals surface area (Å²) < 4.78 is 69.7. The molecule has 0 radical (unpaired) electrons. The lowest BCUT2D eigenvalue weighted by atomic mass is 10.2. The van der Waals surface area contributed by atoms with Crippen LogP contribution in [-0.2, 0) is 22.6 Å². The van der Waals surface area contributed by atoms with Crippen molar-refractivity contribution < 1.29 is 26.0 Å². The van der Waals surface area contributed by atoms with Gasteiger partial charge < -0.3 is 4.42 Å². The van der Waals surface area contributed by atoms with E-state index >= 15 is 0 Å². The Bertz CT molecular complexity index is 724. The van der Waals surface area contributed by atoms with Crippen LogP contribution in [0.5, 0.6) is 0 Å². The summed E-state index contributed by atoms with van der Waals surface area (Å²) >= 11 is 0. The second-order valence-corrected chi connectivity index (χ2v) is 6.55. The highest BCUT2D eigenvalue weighted by molar-refractivity contribution is 7.89. The van der Waals surface area contributed by atoms with Gasteiger partial charge in [-0.05, 0) is 37.3 Å². The summed E-state index contributed by atoms with van der Waals surface area (Å²) in [6.07, 6.45) is -2.83. The van der Waals surface area contributed by atoms with Gasteiger partial charge in [-0.1, -0.05) is 6.07 Å². The molecule has 8 heteroatoms. The molecule has 0 saturated carbocycles. The van der Waals surface area contributed by atoms with Gasteiger partial charge in [0.2, 0.25) is 10.0 Å². The molecule has 0 aliphatic carbocycles. The fourth-order valence-electron chi connectivity index (χ4n) is 1.94. The van der Waals surface area contributed by atoms with Crippen molar-refractivity contribution in [2.45, 2.75) is 30.5 Å². The number of sulfonamides is 1. The molecular weight excluding hydrogens is 319 g/mol. The average Bonchev–Trinajstić information content (AvgIpc) is 2.90. The largest absolute Gasteiger partial charge is 0.469 e. The zero-order valence-electron chi connectivity index (χ0n) is 11.6. The van der Waals surface area contributed by atoms with Crippen molar-refractivity contribution in [3.05, 3.63) is 54.0 Å². The highest BCUT2D eigenvalue weighted by atomic mass is 32.2. The Hall–Kier alpha value is -1.80. The number of hydrogen-bond acceptors (Lipinski definition) is 3. The normalized spacial score (nSPS) is 14.0. The molecule has 1 N–H and O–H groups in total. The van der Waals surface area contributed by atoms with Gasteiger partial charge in [-0.15, -0.1) is 0 Å². The molecule has 0 amide bonds. The van der Waals surface area contributed by atoms with Crippen molar-refractivity contribution in [1.82, 2.24) is 4.72 Å². The Kier molecular flexibility index (Phi) is 4.62. The number of nitrogens with one attached hydrogen (secondary N) is 1. The van der Waals surface area contributed by atoms with E-state index in [-0.39, 0.29) is 0 Å². The number of hydrogen-bond donors (Lipinski definition) is 1. The summed E-state index contributed by atoms with van der Waals surface area (Å²) in [5, 5.41) is 0. The quantitative estimate of drug-likeness (QED) is 0.914. The molecule has 0 saturated heterocycles. The minimum atomic E-state index is -4.59. The molecule has 0 aliphatic heterocycles. The lowest BCUT2D eigenvalue weighted by Crippen LogP contribution is -2.34. The van der Waals surface area contributed by atoms with E-state index in [0.29, 0.717) is 18.2 Å². The first-order chi connectivity index (χ1) is 10.2. The number of benzene rings is 1. The molecule has 22 heavy (non-hydrogen) atoms. The zero-order chi connectivity index (χ0) is 16.4. The van der Waals surface area contributed by atoms with Crippen LogP contribution < -0.4 is 4.72 Å². The molecule has 4 nitrogen and oxygen atoms in total. The Morgan fingerprint density at radius 3 is 2.55 bits per heavy atom. The van der Waals surface area contributed by atoms with E-state index in [0.717, 1.165) is 18.2 Å². The highest BCUT2D eigenvalue weighted by Gasteiger charge is 2.31. The van der Waals surface area contributed by atoms with E-state index in [1.807, 2.05) is 0 Å². The minimum absolute atomic E-state index is 0.297. The van der Waals surface area contributed by atoms with Gasteiger partial charge in [0.15, 0.2) is 0 Å². The summed E-state index contributed by atoms with van der Waals surface area (Å²) in [5.74, 6) is 0.583. The van der Waals surface area contributed by atoms with Gasteiger partial charge in [0.25, 0.3) is 0 Å². The van der Waals surface area contributed by atoms with Crippen molar-refractivity contribution >= 4 is 10.0 Å². The van der Waals surface area contributed by atoms with E-state index < -0.39 is 32.7 Å². The van der Waals surface area contributed by atoms with E-state index in [1.165, 1.54) is 6.26 Å². The van der Waals surface area contributed by atoms with E-state index in [2.05, 4.69) is 4.72 Å². The maximum absolute atomic E-state index is 12.6. The van der Waals surface area contributed by atoms with Gasteiger partial charge in [-0.2, -0.15) is 13.2 Å². The van der Waals surface area contributed by atoms with Crippen LogP contribution in [0.4, 0.5) is 13.2 Å². The predicted octanol–water partition coefficient (Wildman–Crippen LogP) is 3.21. The van der Waals surface area contributed by atoms with Crippen LogP contribution >= 0.6 is 0 Å². The second-order valence-electron chi connectivity index (χ2n) is 4.83. The van der Waals surface area contributed by atoms with Crippen molar-refractivity contribution in [1.29, 1.82) is 0 Å². The Morgan fingerprint density at radius 1 is 1.23 bits per heavy atom. The van der Waals surface area contributed by atoms with Crippen LogP contribution in [0.2, 0.25) is 0 Å². The molecule has 0 aliphatic rings. The Balaban J connectivity index is 2.16. The lowest BCUT2D eigenvalue weighted by molar-refractivity contribution is -0.137. The molecule has 0 fully saturated rings. The van der Waals surface area contributed by atoms with E-state index in [1.54, 1.807) is 19.1 Å². The van der Waals surface area contributed by atoms with Crippen LogP contribution in [-0.4, -0.2) is 14.5 Å². The van der Waals surface area contributed by atoms with Gasteiger partial charge in [0.1, 0.15) is 5.76 Å². The molecule has 1 heterocycles. The SMILES string of the molecule is C[C@@H](Cc1ccco1)NS(=O)(=O)c1cccc(C(F)(F)F)c1. The maximum Gasteiger partial charge on any atom is 0.416 e. The van der Waals surface area contributed by atoms with Crippen LogP contribution in [0.15, 0.2) is 52.0 Å². The zero-order valence-corrected chi connectivity index (χ0v) is 12.4. The molecule has 0 spiro atoms. The number of halogens is 3. The van der Waals surface area contributed by atoms with Crippen LogP contribution in [0, 0.1) is 0 Å². The predicted molar refractivity (Wildman–Crippen MR) is 73.6 cm³/mol. The third-order valence-electron chi connectivity index (χ3n) is 2.92. The van der Waals surface area contributed by atoms with Gasteiger partial charge in [-0.3, -0.25) is 0 Å². The molecule has 2 rings (SSSR count). The highest BCUT2D eigenvalue weighted by Crippen LogP contribution is 2.30. The van der Waals surface area contributed by atoms with Crippen molar-refractivity contribution in [2.75, 3.05) is 0 Å². The summed E-state index contributed by atoms with van der Waals surface area (Å²) in [6, 6.07) is 6.46. The molecule has 1 aromatic carbocycles. The first-order valence-corrected chi connectivity index (χ1v) is 7.89. The molecule has 1 aromatic heterocycles. The molecule has 0 bridgehead atoms. The fourth-order valence-corrected chi connectivity index (χ4v) is 3.23. The lowest BCUT2D eigenvalue weighted by Gasteiger charge is -2.14. The van der Waals surface area contributed by atoms with Gasteiger partial charge in [0, 0.05) is 12.5 Å². The molecule has 2 aromatic rings. The van der Waals surface area contributed by atoms with Crippen molar-refractivity contribution in [3.8, 4) is 0 Å². The molecule has 0 unspecified atom stereocenters. The van der Waals surface area contributed by atoms with Crippen molar-refractivity contribution in [2.24, 2.45) is 0 Å². The maximum atomic E-state index is 12.6. The van der Waals surface area contributed by atoms with Crippen LogP contribution in [0.3, 0.4) is 0 Å². The second kappa shape index (κ2) is 6.13.